The number of methoxy groups -OCH3 is 1. The highest BCUT2D eigenvalue weighted by Gasteiger charge is 2.12. The summed E-state index contributed by atoms with van der Waals surface area (Å²) in [6.45, 7) is 15.6. The number of nitrogens with one attached hydrogen (secondary N) is 2. The zero-order valence-electron chi connectivity index (χ0n) is 20.9. The number of hydrogen-bond donors (Lipinski definition) is 3. The Morgan fingerprint density at radius 1 is 1.24 bits per heavy atom. The predicted molar refractivity (Wildman–Crippen MR) is 135 cm³/mol. The fraction of sp³-hybridized carbons (Fsp3) is 0.538. The van der Waals surface area contributed by atoms with Crippen molar-refractivity contribution in [3.63, 3.8) is 0 Å². The lowest BCUT2D eigenvalue weighted by Gasteiger charge is -2.19. The molecule has 33 heavy (non-hydrogen) atoms. The summed E-state index contributed by atoms with van der Waals surface area (Å²) in [4.78, 5) is 25.7. The molecule has 0 fully saturated rings. The monoisotopic (exact) mass is 461 g/mol. The Morgan fingerprint density at radius 3 is 2.52 bits per heavy atom. The van der Waals surface area contributed by atoms with Crippen LogP contribution in [-0.4, -0.2) is 61.2 Å². The highest BCUT2D eigenvalue weighted by Crippen LogP contribution is 2.12. The van der Waals surface area contributed by atoms with Gasteiger partial charge in [-0.15, -0.1) is 0 Å². The van der Waals surface area contributed by atoms with Crippen molar-refractivity contribution in [3.05, 3.63) is 54.6 Å². The third-order valence-corrected chi connectivity index (χ3v) is 4.75. The Hall–Kier alpha value is -2.64. The molecule has 0 aliphatic rings. The lowest BCUT2D eigenvalue weighted by atomic mass is 10.2. The number of carbonyl (C=O) groups excluding carboxylic acids is 2. The van der Waals surface area contributed by atoms with Gasteiger partial charge in [0.05, 0.1) is 13.2 Å². The first-order valence-electron chi connectivity index (χ1n) is 11.6. The molecule has 0 radical (unpaired) electrons. The smallest absolute Gasteiger partial charge is 0.222 e. The van der Waals surface area contributed by atoms with Gasteiger partial charge in [0, 0.05) is 45.6 Å². The summed E-state index contributed by atoms with van der Waals surface area (Å²) < 4.78 is 5.18. The van der Waals surface area contributed by atoms with E-state index in [1.807, 2.05) is 49.9 Å². The number of aliphatic hydroxyl groups is 1. The van der Waals surface area contributed by atoms with Crippen molar-refractivity contribution >= 4 is 11.8 Å². The van der Waals surface area contributed by atoms with E-state index in [1.165, 1.54) is 0 Å². The molecule has 0 aliphatic heterocycles. The molecule has 1 atom stereocenters. The average Bonchev–Trinajstić information content (AvgIpc) is 2.81. The zero-order chi connectivity index (χ0) is 25.1. The van der Waals surface area contributed by atoms with E-state index in [0.717, 1.165) is 29.9 Å². The number of amides is 2. The SMILES string of the molecule is C=CC(=C)C.CCCN(CC)C(=O)CCCC(=O)NCC(O)CNCc1cccc(OC)c1. The molecule has 1 aromatic rings. The van der Waals surface area contributed by atoms with Crippen LogP contribution in [0.5, 0.6) is 5.75 Å². The third-order valence-electron chi connectivity index (χ3n) is 4.75. The largest absolute Gasteiger partial charge is 0.497 e. The van der Waals surface area contributed by atoms with E-state index in [1.54, 1.807) is 13.2 Å². The van der Waals surface area contributed by atoms with Crippen LogP contribution in [-0.2, 0) is 16.1 Å². The van der Waals surface area contributed by atoms with Gasteiger partial charge in [-0.05, 0) is 44.4 Å². The van der Waals surface area contributed by atoms with Crippen LogP contribution in [0, 0.1) is 0 Å². The van der Waals surface area contributed by atoms with Crippen molar-refractivity contribution in [2.24, 2.45) is 0 Å². The quantitative estimate of drug-likeness (QED) is 0.348. The average molecular weight is 462 g/mol. The first kappa shape index (κ1) is 30.4. The number of carbonyl (C=O) groups is 2. The van der Waals surface area contributed by atoms with Crippen LogP contribution in [0.2, 0.25) is 0 Å². The second-order valence-electron chi connectivity index (χ2n) is 7.82. The van der Waals surface area contributed by atoms with Crippen molar-refractivity contribution in [1.29, 1.82) is 0 Å². The summed E-state index contributed by atoms with van der Waals surface area (Å²) in [6.07, 6.45) is 3.18. The second-order valence-corrected chi connectivity index (χ2v) is 7.82. The fourth-order valence-corrected chi connectivity index (χ4v) is 2.85. The van der Waals surface area contributed by atoms with Gasteiger partial charge in [-0.25, -0.2) is 0 Å². The highest BCUT2D eigenvalue weighted by atomic mass is 16.5. The number of rotatable bonds is 15. The normalized spacial score (nSPS) is 10.9. The maximum Gasteiger partial charge on any atom is 0.222 e. The molecule has 186 valence electrons. The lowest BCUT2D eigenvalue weighted by Crippen LogP contribution is -2.38. The predicted octanol–water partition coefficient (Wildman–Crippen LogP) is 3.44. The molecular formula is C26H43N3O4. The number of allylic oxidation sites excluding steroid dienone is 2. The molecule has 1 unspecified atom stereocenters. The van der Waals surface area contributed by atoms with Gasteiger partial charge in [0.15, 0.2) is 0 Å². The number of aliphatic hydroxyl groups excluding tert-OH is 1. The molecule has 1 aromatic carbocycles. The summed E-state index contributed by atoms with van der Waals surface area (Å²) in [5, 5.41) is 15.9. The van der Waals surface area contributed by atoms with Crippen molar-refractivity contribution < 1.29 is 19.4 Å². The Bertz CT molecular complexity index is 721. The van der Waals surface area contributed by atoms with Gasteiger partial charge < -0.3 is 25.4 Å². The number of nitrogens with zero attached hydrogens (tertiary/aromatic N) is 1. The first-order chi connectivity index (χ1) is 15.8. The third kappa shape index (κ3) is 15.7. The van der Waals surface area contributed by atoms with E-state index in [4.69, 9.17) is 4.74 Å². The molecule has 0 aromatic heterocycles. The minimum absolute atomic E-state index is 0.0962. The minimum Gasteiger partial charge on any atom is -0.497 e. The Morgan fingerprint density at radius 2 is 1.94 bits per heavy atom. The van der Waals surface area contributed by atoms with Gasteiger partial charge in [-0.3, -0.25) is 9.59 Å². The van der Waals surface area contributed by atoms with Crippen LogP contribution in [0.15, 0.2) is 49.1 Å². The van der Waals surface area contributed by atoms with Gasteiger partial charge in [0.25, 0.3) is 0 Å². The van der Waals surface area contributed by atoms with Crippen LogP contribution in [0.25, 0.3) is 0 Å². The lowest BCUT2D eigenvalue weighted by molar-refractivity contribution is -0.131. The molecule has 0 spiro atoms. The summed E-state index contributed by atoms with van der Waals surface area (Å²) in [5.41, 5.74) is 2.08. The summed E-state index contributed by atoms with van der Waals surface area (Å²) in [5.74, 6) is 0.749. The van der Waals surface area contributed by atoms with E-state index in [-0.39, 0.29) is 18.4 Å². The minimum atomic E-state index is -0.670. The number of ether oxygens (including phenoxy) is 1. The Kier molecular flexibility index (Phi) is 17.4. The fourth-order valence-electron chi connectivity index (χ4n) is 2.85. The Balaban J connectivity index is 0.00000184. The van der Waals surface area contributed by atoms with Crippen molar-refractivity contribution in [2.45, 2.75) is 59.1 Å². The molecule has 3 N–H and O–H groups in total. The van der Waals surface area contributed by atoms with E-state index in [9.17, 15) is 14.7 Å². The van der Waals surface area contributed by atoms with E-state index in [0.29, 0.717) is 38.9 Å². The number of benzene rings is 1. The molecule has 2 amide bonds. The number of hydrogen-bond acceptors (Lipinski definition) is 5. The van der Waals surface area contributed by atoms with Crippen molar-refractivity contribution in [2.75, 3.05) is 33.3 Å². The second kappa shape index (κ2) is 18.9. The zero-order valence-corrected chi connectivity index (χ0v) is 20.9. The maximum atomic E-state index is 12.0. The van der Waals surface area contributed by atoms with Gasteiger partial charge in [-0.2, -0.15) is 0 Å². The van der Waals surface area contributed by atoms with Gasteiger partial charge in [-0.1, -0.05) is 43.9 Å². The Labute approximate surface area is 199 Å². The van der Waals surface area contributed by atoms with Gasteiger partial charge in [0.1, 0.15) is 5.75 Å². The standard InChI is InChI=1S/C21H35N3O4.C5H8/c1-4-12-24(5-2)21(27)11-7-10-20(26)23-16-18(25)15-22-14-17-8-6-9-19(13-17)28-3;1-4-5(2)3/h6,8-9,13,18,22,25H,4-5,7,10-12,14-16H2,1-3H3,(H,23,26);4H,1-2H2,3H3. The molecule has 0 saturated heterocycles. The van der Waals surface area contributed by atoms with Gasteiger partial charge in [0.2, 0.25) is 11.8 Å². The highest BCUT2D eigenvalue weighted by molar-refractivity contribution is 5.78. The molecule has 7 heteroatoms. The summed E-state index contributed by atoms with van der Waals surface area (Å²) in [6, 6.07) is 7.71. The summed E-state index contributed by atoms with van der Waals surface area (Å²) in [7, 11) is 1.62. The van der Waals surface area contributed by atoms with Crippen LogP contribution in [0.3, 0.4) is 0 Å². The van der Waals surface area contributed by atoms with Crippen molar-refractivity contribution in [1.82, 2.24) is 15.5 Å². The molecule has 1 rings (SSSR count). The molecule has 0 aliphatic carbocycles. The van der Waals surface area contributed by atoms with Crippen LogP contribution in [0.1, 0.15) is 52.0 Å². The molecule has 7 nitrogen and oxygen atoms in total. The van der Waals surface area contributed by atoms with Crippen LogP contribution < -0.4 is 15.4 Å². The van der Waals surface area contributed by atoms with E-state index < -0.39 is 6.10 Å². The molecular weight excluding hydrogens is 418 g/mol. The molecule has 0 bridgehead atoms. The molecule has 0 heterocycles. The van der Waals surface area contributed by atoms with Crippen LogP contribution in [0.4, 0.5) is 0 Å². The first-order valence-corrected chi connectivity index (χ1v) is 11.6. The van der Waals surface area contributed by atoms with Crippen molar-refractivity contribution in [3.8, 4) is 5.75 Å². The van der Waals surface area contributed by atoms with Gasteiger partial charge >= 0.3 is 0 Å². The topological polar surface area (TPSA) is 90.9 Å². The van der Waals surface area contributed by atoms with E-state index >= 15 is 0 Å². The van der Waals surface area contributed by atoms with E-state index in [2.05, 4.69) is 23.8 Å². The summed E-state index contributed by atoms with van der Waals surface area (Å²) >= 11 is 0. The van der Waals surface area contributed by atoms with Crippen LogP contribution >= 0.6 is 0 Å². The maximum absolute atomic E-state index is 12.0. The molecule has 0 saturated carbocycles.